The van der Waals surface area contributed by atoms with Crippen LogP contribution in [0, 0.1) is 5.82 Å². The summed E-state index contributed by atoms with van der Waals surface area (Å²) in [4.78, 5) is 22.5. The molecule has 0 unspecified atom stereocenters. The maximum absolute atomic E-state index is 13.5. The van der Waals surface area contributed by atoms with Gasteiger partial charge in [-0.3, -0.25) is 0 Å². The lowest BCUT2D eigenvalue weighted by molar-refractivity contribution is 0.0697. The molecule has 0 saturated carbocycles. The number of rotatable bonds is 4. The number of hydrogen-bond donors (Lipinski definition) is 3. The van der Waals surface area contributed by atoms with Crippen molar-refractivity contribution < 1.29 is 19.1 Å². The van der Waals surface area contributed by atoms with Crippen LogP contribution in [0.25, 0.3) is 0 Å². The van der Waals surface area contributed by atoms with E-state index in [2.05, 4.69) is 20.8 Å². The van der Waals surface area contributed by atoms with Gasteiger partial charge in [0, 0.05) is 7.05 Å². The summed E-state index contributed by atoms with van der Waals surface area (Å²) >= 11 is 0. The maximum Gasteiger partial charge on any atom is 0.335 e. The molecule has 8 nitrogen and oxygen atoms in total. The average Bonchev–Trinajstić information content (AvgIpc) is 2.84. The minimum absolute atomic E-state index is 0.0998. The van der Waals surface area contributed by atoms with Crippen LogP contribution in [-0.4, -0.2) is 31.9 Å². The van der Waals surface area contributed by atoms with E-state index in [1.807, 2.05) is 0 Å². The first-order chi connectivity index (χ1) is 9.97. The molecule has 0 spiro atoms. The van der Waals surface area contributed by atoms with E-state index in [0.29, 0.717) is 5.82 Å². The van der Waals surface area contributed by atoms with Crippen LogP contribution in [0.1, 0.15) is 16.2 Å². The molecule has 0 radical (unpaired) electrons. The van der Waals surface area contributed by atoms with E-state index in [4.69, 9.17) is 5.11 Å². The molecule has 1 aromatic heterocycles. The predicted molar refractivity (Wildman–Crippen MR) is 70.2 cm³/mol. The van der Waals surface area contributed by atoms with Crippen molar-refractivity contribution in [3.8, 4) is 0 Å². The summed E-state index contributed by atoms with van der Waals surface area (Å²) in [5, 5.41) is 20.9. The number of carboxylic acid groups (broad SMARTS) is 1. The van der Waals surface area contributed by atoms with Crippen molar-refractivity contribution in [3.05, 3.63) is 41.7 Å². The van der Waals surface area contributed by atoms with E-state index < -0.39 is 17.8 Å². The summed E-state index contributed by atoms with van der Waals surface area (Å²) in [5.74, 6) is -1.42. The molecule has 0 aliphatic carbocycles. The van der Waals surface area contributed by atoms with Crippen LogP contribution < -0.4 is 10.6 Å². The van der Waals surface area contributed by atoms with Gasteiger partial charge in [0.15, 0.2) is 5.82 Å². The summed E-state index contributed by atoms with van der Waals surface area (Å²) in [6, 6.07) is 2.45. The van der Waals surface area contributed by atoms with Crippen molar-refractivity contribution in [1.29, 1.82) is 0 Å². The number of nitrogens with one attached hydrogen (secondary N) is 2. The highest BCUT2D eigenvalue weighted by Gasteiger charge is 2.11. The molecule has 3 N–H and O–H groups in total. The molecule has 21 heavy (non-hydrogen) atoms. The van der Waals surface area contributed by atoms with E-state index in [9.17, 15) is 14.0 Å². The Morgan fingerprint density at radius 3 is 2.81 bits per heavy atom. The molecule has 0 bridgehead atoms. The Kier molecular flexibility index (Phi) is 4.12. The lowest BCUT2D eigenvalue weighted by Crippen LogP contribution is -2.29. The number of amides is 2. The van der Waals surface area contributed by atoms with Crippen molar-refractivity contribution in [1.82, 2.24) is 20.1 Å². The standard InChI is InChI=1S/C12H12FN5O3/c1-18-6-15-17-10(18)5-14-12(21)16-9-4-7(11(19)20)2-3-8(9)13/h2-4,6H,5H2,1H3,(H,19,20)(H2,14,16,21). The third-order valence-electron chi connectivity index (χ3n) is 2.67. The molecule has 2 amide bonds. The average molecular weight is 293 g/mol. The number of nitrogens with zero attached hydrogens (tertiary/aromatic N) is 3. The summed E-state index contributed by atoms with van der Waals surface area (Å²) in [6.45, 7) is 0.0998. The monoisotopic (exact) mass is 293 g/mol. The van der Waals surface area contributed by atoms with Crippen molar-refractivity contribution in [2.45, 2.75) is 6.54 Å². The van der Waals surface area contributed by atoms with Gasteiger partial charge in [0.1, 0.15) is 12.1 Å². The fourth-order valence-electron chi connectivity index (χ4n) is 1.55. The highest BCUT2D eigenvalue weighted by Crippen LogP contribution is 2.16. The first-order valence-corrected chi connectivity index (χ1v) is 5.88. The molecule has 9 heteroatoms. The smallest absolute Gasteiger partial charge is 0.335 e. The van der Waals surface area contributed by atoms with E-state index in [-0.39, 0.29) is 17.8 Å². The second-order valence-corrected chi connectivity index (χ2v) is 4.17. The molecular formula is C12H12FN5O3. The zero-order chi connectivity index (χ0) is 15.4. The number of carbonyl (C=O) groups excluding carboxylic acids is 1. The van der Waals surface area contributed by atoms with Crippen LogP contribution >= 0.6 is 0 Å². The van der Waals surface area contributed by atoms with Crippen molar-refractivity contribution in [2.24, 2.45) is 7.05 Å². The van der Waals surface area contributed by atoms with Crippen LogP contribution in [-0.2, 0) is 13.6 Å². The largest absolute Gasteiger partial charge is 0.478 e. The molecule has 110 valence electrons. The quantitative estimate of drug-likeness (QED) is 0.778. The van der Waals surface area contributed by atoms with Gasteiger partial charge in [-0.05, 0) is 18.2 Å². The van der Waals surface area contributed by atoms with Crippen LogP contribution in [0.15, 0.2) is 24.5 Å². The van der Waals surface area contributed by atoms with Gasteiger partial charge >= 0.3 is 12.0 Å². The fraction of sp³-hybridized carbons (Fsp3) is 0.167. The van der Waals surface area contributed by atoms with E-state index in [1.165, 1.54) is 6.33 Å². The van der Waals surface area contributed by atoms with Crippen LogP contribution in [0.5, 0.6) is 0 Å². The molecule has 1 aromatic carbocycles. The highest BCUT2D eigenvalue weighted by molar-refractivity contribution is 5.93. The topological polar surface area (TPSA) is 109 Å². The Labute approximate surface area is 118 Å². The number of anilines is 1. The van der Waals surface area contributed by atoms with E-state index in [1.54, 1.807) is 11.6 Å². The van der Waals surface area contributed by atoms with E-state index >= 15 is 0 Å². The molecule has 0 saturated heterocycles. The maximum atomic E-state index is 13.5. The third-order valence-corrected chi connectivity index (χ3v) is 2.67. The Morgan fingerprint density at radius 2 is 2.19 bits per heavy atom. The van der Waals surface area contributed by atoms with Crippen molar-refractivity contribution in [2.75, 3.05) is 5.32 Å². The zero-order valence-corrected chi connectivity index (χ0v) is 11.0. The molecule has 0 aliphatic heterocycles. The van der Waals surface area contributed by atoms with Crippen molar-refractivity contribution >= 4 is 17.7 Å². The minimum Gasteiger partial charge on any atom is -0.478 e. The van der Waals surface area contributed by atoms with Crippen LogP contribution in [0.4, 0.5) is 14.9 Å². The Morgan fingerprint density at radius 1 is 1.43 bits per heavy atom. The second kappa shape index (κ2) is 5.99. The van der Waals surface area contributed by atoms with Gasteiger partial charge in [-0.1, -0.05) is 0 Å². The lowest BCUT2D eigenvalue weighted by atomic mass is 10.2. The second-order valence-electron chi connectivity index (χ2n) is 4.17. The number of benzene rings is 1. The number of carboxylic acids is 1. The Bertz CT molecular complexity index is 685. The number of urea groups is 1. The summed E-state index contributed by atoms with van der Waals surface area (Å²) < 4.78 is 15.1. The third kappa shape index (κ3) is 3.53. The fourth-order valence-corrected chi connectivity index (χ4v) is 1.55. The molecule has 1 heterocycles. The lowest BCUT2D eigenvalue weighted by Gasteiger charge is -2.08. The number of carbonyl (C=O) groups is 2. The van der Waals surface area contributed by atoms with Crippen LogP contribution in [0.3, 0.4) is 0 Å². The molecule has 2 aromatic rings. The zero-order valence-electron chi connectivity index (χ0n) is 11.0. The summed E-state index contributed by atoms with van der Waals surface area (Å²) in [6.07, 6.45) is 1.48. The van der Waals surface area contributed by atoms with Gasteiger partial charge in [0.05, 0.1) is 17.8 Å². The first-order valence-electron chi connectivity index (χ1n) is 5.88. The van der Waals surface area contributed by atoms with Crippen molar-refractivity contribution in [3.63, 3.8) is 0 Å². The van der Waals surface area contributed by atoms with Gasteiger partial charge in [-0.25, -0.2) is 14.0 Å². The van der Waals surface area contributed by atoms with Crippen LogP contribution in [0.2, 0.25) is 0 Å². The number of halogens is 1. The SMILES string of the molecule is Cn1cnnc1CNC(=O)Nc1cc(C(=O)O)ccc1F. The minimum atomic E-state index is -1.21. The number of aromatic nitrogens is 3. The molecule has 0 aliphatic rings. The van der Waals surface area contributed by atoms with Gasteiger partial charge in [0.2, 0.25) is 0 Å². The first kappa shape index (κ1) is 14.4. The molecule has 0 fully saturated rings. The molecule has 0 atom stereocenters. The number of aryl methyl sites for hydroxylation is 1. The summed E-state index contributed by atoms with van der Waals surface area (Å²) in [7, 11) is 1.71. The Hall–Kier alpha value is -2.97. The highest BCUT2D eigenvalue weighted by atomic mass is 19.1. The Balaban J connectivity index is 2.01. The number of hydrogen-bond acceptors (Lipinski definition) is 4. The molecular weight excluding hydrogens is 281 g/mol. The summed E-state index contributed by atoms with van der Waals surface area (Å²) in [5.41, 5.74) is -0.342. The van der Waals surface area contributed by atoms with E-state index in [0.717, 1.165) is 18.2 Å². The van der Waals surface area contributed by atoms with Gasteiger partial charge in [-0.2, -0.15) is 0 Å². The normalized spacial score (nSPS) is 10.2. The predicted octanol–water partition coefficient (Wildman–Crippen LogP) is 0.974. The van der Waals surface area contributed by atoms with Gasteiger partial charge in [-0.15, -0.1) is 10.2 Å². The van der Waals surface area contributed by atoms with Gasteiger partial charge < -0.3 is 20.3 Å². The number of aromatic carboxylic acids is 1. The van der Waals surface area contributed by atoms with Gasteiger partial charge in [0.25, 0.3) is 0 Å². The molecule has 2 rings (SSSR count).